The Hall–Kier alpha value is -3.68. The summed E-state index contributed by atoms with van der Waals surface area (Å²) in [5.41, 5.74) is 1.77. The third-order valence-electron chi connectivity index (χ3n) is 4.87. The van der Waals surface area contributed by atoms with Gasteiger partial charge in [0.15, 0.2) is 5.76 Å². The lowest BCUT2D eigenvalue weighted by molar-refractivity contribution is -0.149. The molecule has 1 saturated heterocycles. The van der Waals surface area contributed by atoms with Gasteiger partial charge in [-0.2, -0.15) is 0 Å². The largest absolute Gasteiger partial charge is 0.497 e. The number of anilines is 1. The quantitative estimate of drug-likeness (QED) is 0.578. The second-order valence-corrected chi connectivity index (χ2v) is 6.90. The van der Waals surface area contributed by atoms with Gasteiger partial charge < -0.3 is 18.9 Å². The number of aromatic nitrogens is 1. The third-order valence-corrected chi connectivity index (χ3v) is 4.87. The number of esters is 1. The summed E-state index contributed by atoms with van der Waals surface area (Å²) >= 11 is 0. The summed E-state index contributed by atoms with van der Waals surface area (Å²) in [6.07, 6.45) is 0.0791. The minimum Gasteiger partial charge on any atom is -0.497 e. The molecule has 0 N–H and O–H groups in total. The number of rotatable bonds is 6. The number of methoxy groups -OCH3 is 1. The van der Waals surface area contributed by atoms with Gasteiger partial charge in [0.25, 0.3) is 0 Å². The van der Waals surface area contributed by atoms with E-state index in [4.69, 9.17) is 14.0 Å². The molecule has 0 saturated carbocycles. The lowest BCUT2D eigenvalue weighted by Crippen LogP contribution is -2.26. The van der Waals surface area contributed by atoms with E-state index in [2.05, 4.69) is 5.16 Å². The highest BCUT2D eigenvalue weighted by Crippen LogP contribution is 2.29. The molecule has 0 bridgehead atoms. The fourth-order valence-corrected chi connectivity index (χ4v) is 3.29. The van der Waals surface area contributed by atoms with Gasteiger partial charge in [0.2, 0.25) is 5.91 Å². The maximum atomic E-state index is 13.0. The molecule has 1 unspecified atom stereocenters. The molecular formula is C22H19FN2O5. The highest BCUT2D eigenvalue weighted by molar-refractivity contribution is 5.99. The van der Waals surface area contributed by atoms with E-state index in [9.17, 15) is 14.0 Å². The Morgan fingerprint density at radius 2 is 2.03 bits per heavy atom. The molecule has 0 aliphatic carbocycles. The predicted molar refractivity (Wildman–Crippen MR) is 105 cm³/mol. The van der Waals surface area contributed by atoms with E-state index in [1.54, 1.807) is 54.5 Å². The molecule has 7 nitrogen and oxygen atoms in total. The molecule has 8 heteroatoms. The van der Waals surface area contributed by atoms with Crippen LogP contribution >= 0.6 is 0 Å². The van der Waals surface area contributed by atoms with E-state index in [-0.39, 0.29) is 31.3 Å². The molecule has 30 heavy (non-hydrogen) atoms. The van der Waals surface area contributed by atoms with Crippen LogP contribution in [0.25, 0.3) is 11.3 Å². The summed E-state index contributed by atoms with van der Waals surface area (Å²) in [6.45, 7) is 0.165. The van der Waals surface area contributed by atoms with Crippen molar-refractivity contribution in [2.45, 2.75) is 13.0 Å². The van der Waals surface area contributed by atoms with E-state index in [1.807, 2.05) is 0 Å². The Morgan fingerprint density at radius 1 is 1.23 bits per heavy atom. The zero-order chi connectivity index (χ0) is 21.1. The fraction of sp³-hybridized carbons (Fsp3) is 0.227. The van der Waals surface area contributed by atoms with Crippen LogP contribution in [0.2, 0.25) is 0 Å². The zero-order valence-corrected chi connectivity index (χ0v) is 16.2. The molecule has 2 aromatic carbocycles. The van der Waals surface area contributed by atoms with Gasteiger partial charge in [-0.05, 0) is 36.4 Å². The van der Waals surface area contributed by atoms with E-state index in [1.165, 1.54) is 12.1 Å². The van der Waals surface area contributed by atoms with Crippen molar-refractivity contribution in [1.82, 2.24) is 5.16 Å². The van der Waals surface area contributed by atoms with E-state index >= 15 is 0 Å². The SMILES string of the molecule is COc1cccc(N2CC(C(=O)OCc3cc(-c4ccc(F)cc4)on3)CC2=O)c1. The third kappa shape index (κ3) is 4.17. The van der Waals surface area contributed by atoms with Crippen molar-refractivity contribution < 1.29 is 28.0 Å². The standard InChI is InChI=1S/C22H19FN2O5/c1-28-19-4-2-3-18(11-19)25-12-15(9-21(25)26)22(27)29-13-17-10-20(30-24-17)14-5-7-16(23)8-6-14/h2-8,10-11,15H,9,12-13H2,1H3. The van der Waals surface area contributed by atoms with Gasteiger partial charge in [-0.1, -0.05) is 11.2 Å². The topological polar surface area (TPSA) is 81.9 Å². The van der Waals surface area contributed by atoms with Gasteiger partial charge in [0, 0.05) is 36.3 Å². The molecule has 1 atom stereocenters. The lowest BCUT2D eigenvalue weighted by Gasteiger charge is -2.17. The summed E-state index contributed by atoms with van der Waals surface area (Å²) in [5.74, 6) is -0.449. The molecule has 2 heterocycles. The molecule has 154 valence electrons. The van der Waals surface area contributed by atoms with Gasteiger partial charge in [-0.3, -0.25) is 9.59 Å². The van der Waals surface area contributed by atoms with Crippen LogP contribution < -0.4 is 9.64 Å². The van der Waals surface area contributed by atoms with Crippen molar-refractivity contribution in [1.29, 1.82) is 0 Å². The molecule has 1 aliphatic rings. The highest BCUT2D eigenvalue weighted by atomic mass is 19.1. The Bertz CT molecular complexity index is 1060. The first-order valence-electron chi connectivity index (χ1n) is 9.36. The maximum absolute atomic E-state index is 13.0. The van der Waals surface area contributed by atoms with Gasteiger partial charge in [-0.15, -0.1) is 0 Å². The molecular weight excluding hydrogens is 391 g/mol. The van der Waals surface area contributed by atoms with Crippen molar-refractivity contribution in [3.63, 3.8) is 0 Å². The molecule has 0 spiro atoms. The zero-order valence-electron chi connectivity index (χ0n) is 16.2. The number of carbonyl (C=O) groups is 2. The number of halogens is 1. The summed E-state index contributed by atoms with van der Waals surface area (Å²) in [6, 6.07) is 14.5. The second-order valence-electron chi connectivity index (χ2n) is 6.90. The Morgan fingerprint density at radius 3 is 2.80 bits per heavy atom. The molecule has 1 fully saturated rings. The van der Waals surface area contributed by atoms with Gasteiger partial charge in [0.05, 0.1) is 13.0 Å². The van der Waals surface area contributed by atoms with Crippen LogP contribution in [0.1, 0.15) is 12.1 Å². The van der Waals surface area contributed by atoms with Crippen LogP contribution in [0.5, 0.6) is 5.75 Å². The van der Waals surface area contributed by atoms with Crippen molar-refractivity contribution in [3.8, 4) is 17.1 Å². The van der Waals surface area contributed by atoms with Gasteiger partial charge in [0.1, 0.15) is 23.9 Å². The summed E-state index contributed by atoms with van der Waals surface area (Å²) < 4.78 is 28.8. The average molecular weight is 410 g/mol. The number of amides is 1. The Labute approximate surface area is 172 Å². The van der Waals surface area contributed by atoms with Gasteiger partial charge in [-0.25, -0.2) is 4.39 Å². The number of hydrogen-bond donors (Lipinski definition) is 0. The number of ether oxygens (including phenoxy) is 2. The molecule has 1 amide bonds. The van der Waals surface area contributed by atoms with E-state index < -0.39 is 11.9 Å². The van der Waals surface area contributed by atoms with Crippen molar-refractivity contribution >= 4 is 17.6 Å². The molecule has 1 aliphatic heterocycles. The van der Waals surface area contributed by atoms with Crippen LogP contribution in [-0.2, 0) is 20.9 Å². The fourth-order valence-electron chi connectivity index (χ4n) is 3.29. The number of carbonyl (C=O) groups excluding carboxylic acids is 2. The highest BCUT2D eigenvalue weighted by Gasteiger charge is 2.36. The normalized spacial score (nSPS) is 16.0. The van der Waals surface area contributed by atoms with Crippen LogP contribution in [-0.4, -0.2) is 30.7 Å². The first kappa shape index (κ1) is 19.6. The average Bonchev–Trinajstić information content (AvgIpc) is 3.39. The molecule has 4 rings (SSSR count). The maximum Gasteiger partial charge on any atom is 0.311 e. The van der Waals surface area contributed by atoms with Crippen LogP contribution in [0, 0.1) is 11.7 Å². The van der Waals surface area contributed by atoms with Crippen LogP contribution in [0.15, 0.2) is 59.1 Å². The smallest absolute Gasteiger partial charge is 0.311 e. The van der Waals surface area contributed by atoms with Crippen LogP contribution in [0.4, 0.5) is 10.1 Å². The first-order valence-corrected chi connectivity index (χ1v) is 9.36. The lowest BCUT2D eigenvalue weighted by atomic mass is 10.1. The molecule has 3 aromatic rings. The monoisotopic (exact) mass is 410 g/mol. The second kappa shape index (κ2) is 8.36. The first-order chi connectivity index (χ1) is 14.5. The van der Waals surface area contributed by atoms with Crippen molar-refractivity contribution in [2.24, 2.45) is 5.92 Å². The minimum atomic E-state index is -0.563. The summed E-state index contributed by atoms with van der Waals surface area (Å²) in [7, 11) is 1.55. The Balaban J connectivity index is 1.35. The van der Waals surface area contributed by atoms with E-state index in [0.717, 1.165) is 0 Å². The molecule has 1 aromatic heterocycles. The van der Waals surface area contributed by atoms with E-state index in [0.29, 0.717) is 28.5 Å². The summed E-state index contributed by atoms with van der Waals surface area (Å²) in [5, 5.41) is 3.87. The van der Waals surface area contributed by atoms with Crippen molar-refractivity contribution in [3.05, 3.63) is 66.1 Å². The van der Waals surface area contributed by atoms with Crippen molar-refractivity contribution in [2.75, 3.05) is 18.6 Å². The molecule has 0 radical (unpaired) electrons. The minimum absolute atomic E-state index is 0.0760. The predicted octanol–water partition coefficient (Wildman–Crippen LogP) is 3.59. The summed E-state index contributed by atoms with van der Waals surface area (Å²) in [4.78, 5) is 26.4. The number of benzene rings is 2. The van der Waals surface area contributed by atoms with Crippen LogP contribution in [0.3, 0.4) is 0 Å². The number of hydrogen-bond acceptors (Lipinski definition) is 6. The Kier molecular flexibility index (Phi) is 5.47. The van der Waals surface area contributed by atoms with Gasteiger partial charge >= 0.3 is 5.97 Å². The number of nitrogens with zero attached hydrogens (tertiary/aromatic N) is 2.